The summed E-state index contributed by atoms with van der Waals surface area (Å²) in [5.41, 5.74) is 3.10. The second kappa shape index (κ2) is 9.56. The van der Waals surface area contributed by atoms with Crippen LogP contribution in [0.2, 0.25) is 0 Å². The van der Waals surface area contributed by atoms with Gasteiger partial charge >= 0.3 is 0 Å². The molecule has 27 heavy (non-hydrogen) atoms. The van der Waals surface area contributed by atoms with Gasteiger partial charge < -0.3 is 10.1 Å². The lowest BCUT2D eigenvalue weighted by Gasteiger charge is -2.35. The van der Waals surface area contributed by atoms with Crippen molar-refractivity contribution in [3.05, 3.63) is 65.2 Å². The first-order valence-electron chi connectivity index (χ1n) is 9.99. The minimum Gasteiger partial charge on any atom is -0.494 e. The molecule has 2 aromatic rings. The first kappa shape index (κ1) is 19.4. The van der Waals surface area contributed by atoms with Gasteiger partial charge in [0.15, 0.2) is 0 Å². The third-order valence-corrected chi connectivity index (χ3v) is 5.18. The van der Waals surface area contributed by atoms with Crippen molar-refractivity contribution in [3.8, 4) is 5.75 Å². The quantitative estimate of drug-likeness (QED) is 0.792. The number of ether oxygens (including phenoxy) is 1. The van der Waals surface area contributed by atoms with Gasteiger partial charge in [0.05, 0.1) is 12.6 Å². The lowest BCUT2D eigenvalue weighted by Crippen LogP contribution is -2.40. The standard InChI is InChI=1S/C23H30N2O2/c1-3-27-21-13-11-19(12-14-21)22(25-15-5-4-6-16-25)17-24-23(26)20-9-7-18(2)8-10-20/h7-14,22H,3-6,15-17H2,1-2H3,(H,24,26). The molecule has 2 aromatic carbocycles. The van der Waals surface area contributed by atoms with Crippen LogP contribution in [0.15, 0.2) is 48.5 Å². The zero-order valence-corrected chi connectivity index (χ0v) is 16.4. The van der Waals surface area contributed by atoms with Gasteiger partial charge in [-0.15, -0.1) is 0 Å². The zero-order valence-electron chi connectivity index (χ0n) is 16.4. The Balaban J connectivity index is 1.71. The van der Waals surface area contributed by atoms with Crippen LogP contribution >= 0.6 is 0 Å². The number of likely N-dealkylation sites (tertiary alicyclic amines) is 1. The monoisotopic (exact) mass is 366 g/mol. The third kappa shape index (κ3) is 5.33. The summed E-state index contributed by atoms with van der Waals surface area (Å²) in [5.74, 6) is 0.880. The van der Waals surface area contributed by atoms with E-state index in [0.717, 1.165) is 24.4 Å². The molecule has 0 radical (unpaired) electrons. The lowest BCUT2D eigenvalue weighted by atomic mass is 10.0. The largest absolute Gasteiger partial charge is 0.494 e. The van der Waals surface area contributed by atoms with Gasteiger partial charge in [0.25, 0.3) is 5.91 Å². The van der Waals surface area contributed by atoms with Crippen molar-refractivity contribution in [2.24, 2.45) is 0 Å². The number of rotatable bonds is 7. The average Bonchev–Trinajstić information content (AvgIpc) is 2.71. The van der Waals surface area contributed by atoms with E-state index in [-0.39, 0.29) is 11.9 Å². The summed E-state index contributed by atoms with van der Waals surface area (Å²) in [4.78, 5) is 15.1. The molecule has 144 valence electrons. The Morgan fingerprint density at radius 2 is 1.70 bits per heavy atom. The Labute approximate surface area is 162 Å². The van der Waals surface area contributed by atoms with Crippen LogP contribution in [-0.4, -0.2) is 37.0 Å². The lowest BCUT2D eigenvalue weighted by molar-refractivity contribution is 0.0924. The average molecular weight is 367 g/mol. The molecule has 1 aliphatic heterocycles. The number of carbonyl (C=O) groups is 1. The highest BCUT2D eigenvalue weighted by atomic mass is 16.5. The van der Waals surface area contributed by atoms with E-state index in [0.29, 0.717) is 18.7 Å². The predicted octanol–water partition coefficient (Wildman–Crippen LogP) is 4.35. The van der Waals surface area contributed by atoms with Gasteiger partial charge in [-0.3, -0.25) is 9.69 Å². The number of aryl methyl sites for hydroxylation is 1. The summed E-state index contributed by atoms with van der Waals surface area (Å²) in [6.07, 6.45) is 3.74. The van der Waals surface area contributed by atoms with Crippen LogP contribution in [0.3, 0.4) is 0 Å². The third-order valence-electron chi connectivity index (χ3n) is 5.18. The molecule has 0 saturated carbocycles. The van der Waals surface area contributed by atoms with E-state index in [9.17, 15) is 4.79 Å². The molecule has 1 unspecified atom stereocenters. The fourth-order valence-electron chi connectivity index (χ4n) is 3.64. The van der Waals surface area contributed by atoms with Crippen molar-refractivity contribution in [2.45, 2.75) is 39.2 Å². The highest BCUT2D eigenvalue weighted by Gasteiger charge is 2.23. The Morgan fingerprint density at radius 1 is 1.04 bits per heavy atom. The normalized spacial score (nSPS) is 15.9. The molecule has 1 atom stereocenters. The molecule has 0 bridgehead atoms. The van der Waals surface area contributed by atoms with Crippen molar-refractivity contribution < 1.29 is 9.53 Å². The molecule has 4 nitrogen and oxygen atoms in total. The topological polar surface area (TPSA) is 41.6 Å². The van der Waals surface area contributed by atoms with E-state index < -0.39 is 0 Å². The molecule has 0 spiro atoms. The maximum Gasteiger partial charge on any atom is 0.251 e. The molecule has 1 aliphatic rings. The van der Waals surface area contributed by atoms with Gasteiger partial charge in [0.1, 0.15) is 5.75 Å². The SMILES string of the molecule is CCOc1ccc(C(CNC(=O)c2ccc(C)cc2)N2CCCCC2)cc1. The first-order chi connectivity index (χ1) is 13.2. The van der Waals surface area contributed by atoms with Gasteiger partial charge in [-0.2, -0.15) is 0 Å². The van der Waals surface area contributed by atoms with E-state index >= 15 is 0 Å². The van der Waals surface area contributed by atoms with Gasteiger partial charge in [0, 0.05) is 12.1 Å². The zero-order chi connectivity index (χ0) is 19.1. The first-order valence-corrected chi connectivity index (χ1v) is 9.99. The number of hydrogen-bond donors (Lipinski definition) is 1. The number of carbonyl (C=O) groups excluding carboxylic acids is 1. The van der Waals surface area contributed by atoms with E-state index in [1.54, 1.807) is 0 Å². The van der Waals surface area contributed by atoms with E-state index in [4.69, 9.17) is 4.74 Å². The van der Waals surface area contributed by atoms with Gasteiger partial charge in [0.2, 0.25) is 0 Å². The van der Waals surface area contributed by atoms with Gasteiger partial charge in [-0.05, 0) is 69.6 Å². The van der Waals surface area contributed by atoms with Crippen molar-refractivity contribution >= 4 is 5.91 Å². The fraction of sp³-hybridized carbons (Fsp3) is 0.435. The smallest absolute Gasteiger partial charge is 0.251 e. The highest BCUT2D eigenvalue weighted by Crippen LogP contribution is 2.26. The van der Waals surface area contributed by atoms with Crippen LogP contribution in [0.1, 0.15) is 53.7 Å². The summed E-state index contributed by atoms with van der Waals surface area (Å²) < 4.78 is 5.57. The molecule has 1 fully saturated rings. The number of nitrogens with zero attached hydrogens (tertiary/aromatic N) is 1. The van der Waals surface area contributed by atoms with Crippen LogP contribution in [0.5, 0.6) is 5.75 Å². The van der Waals surface area contributed by atoms with Crippen molar-refractivity contribution in [1.82, 2.24) is 10.2 Å². The maximum atomic E-state index is 12.6. The van der Waals surface area contributed by atoms with Crippen molar-refractivity contribution in [2.75, 3.05) is 26.2 Å². The molecule has 1 N–H and O–H groups in total. The second-order valence-electron chi connectivity index (χ2n) is 7.19. The molecular weight excluding hydrogens is 336 g/mol. The Hall–Kier alpha value is -2.33. The number of amides is 1. The van der Waals surface area contributed by atoms with Crippen molar-refractivity contribution in [1.29, 1.82) is 0 Å². The molecule has 0 aliphatic carbocycles. The number of hydrogen-bond acceptors (Lipinski definition) is 3. The summed E-state index contributed by atoms with van der Waals surface area (Å²) in [6.45, 7) is 7.46. The van der Waals surface area contributed by atoms with E-state index in [2.05, 4.69) is 22.3 Å². The predicted molar refractivity (Wildman–Crippen MR) is 109 cm³/mol. The molecule has 0 aromatic heterocycles. The summed E-state index contributed by atoms with van der Waals surface area (Å²) in [5, 5.41) is 3.14. The van der Waals surface area contributed by atoms with Crippen LogP contribution in [0.4, 0.5) is 0 Å². The Kier molecular flexibility index (Phi) is 6.88. The summed E-state index contributed by atoms with van der Waals surface area (Å²) >= 11 is 0. The second-order valence-corrected chi connectivity index (χ2v) is 7.19. The molecule has 1 saturated heterocycles. The number of piperidine rings is 1. The van der Waals surface area contributed by atoms with E-state index in [1.165, 1.54) is 24.8 Å². The van der Waals surface area contributed by atoms with Crippen LogP contribution in [0, 0.1) is 6.92 Å². The Bertz CT molecular complexity index is 719. The Morgan fingerprint density at radius 3 is 2.33 bits per heavy atom. The molecular formula is C23H30N2O2. The summed E-state index contributed by atoms with van der Waals surface area (Å²) in [7, 11) is 0. The van der Waals surface area contributed by atoms with Crippen LogP contribution in [0.25, 0.3) is 0 Å². The fourth-order valence-corrected chi connectivity index (χ4v) is 3.64. The van der Waals surface area contributed by atoms with Crippen LogP contribution in [-0.2, 0) is 0 Å². The highest BCUT2D eigenvalue weighted by molar-refractivity contribution is 5.94. The van der Waals surface area contributed by atoms with Gasteiger partial charge in [-0.25, -0.2) is 0 Å². The molecule has 1 amide bonds. The van der Waals surface area contributed by atoms with Gasteiger partial charge in [-0.1, -0.05) is 36.2 Å². The molecule has 4 heteroatoms. The maximum absolute atomic E-state index is 12.6. The van der Waals surface area contributed by atoms with Crippen LogP contribution < -0.4 is 10.1 Å². The molecule has 3 rings (SSSR count). The number of benzene rings is 2. The van der Waals surface area contributed by atoms with Crippen molar-refractivity contribution in [3.63, 3.8) is 0 Å². The minimum atomic E-state index is -0.0112. The summed E-state index contributed by atoms with van der Waals surface area (Å²) in [6, 6.07) is 16.2. The molecule has 1 heterocycles. The number of nitrogens with one attached hydrogen (secondary N) is 1. The minimum absolute atomic E-state index is 0.0112. The van der Waals surface area contributed by atoms with E-state index in [1.807, 2.05) is 50.2 Å².